The Labute approximate surface area is 163 Å². The van der Waals surface area contributed by atoms with Gasteiger partial charge in [-0.3, -0.25) is 4.79 Å². The summed E-state index contributed by atoms with van der Waals surface area (Å²) in [5.41, 5.74) is 5.08. The van der Waals surface area contributed by atoms with Gasteiger partial charge >= 0.3 is 0 Å². The zero-order valence-electron chi connectivity index (χ0n) is 16.5. The molecular weight excluding hydrogens is 354 g/mol. The second-order valence-corrected chi connectivity index (χ2v) is 8.11. The first-order chi connectivity index (χ1) is 13.5. The Morgan fingerprint density at radius 2 is 2.11 bits per heavy atom. The number of nitrogens with zero attached hydrogens (tertiary/aromatic N) is 4. The molecule has 1 N–H and O–H groups in total. The average molecular weight is 379 g/mol. The molecule has 7 nitrogen and oxygen atoms in total. The van der Waals surface area contributed by atoms with Crippen molar-refractivity contribution in [2.45, 2.75) is 45.2 Å². The summed E-state index contributed by atoms with van der Waals surface area (Å²) < 4.78 is 7.72. The lowest BCUT2D eigenvalue weighted by molar-refractivity contribution is -0.119. The zero-order chi connectivity index (χ0) is 19.4. The third-order valence-corrected chi connectivity index (χ3v) is 6.08. The molecule has 0 saturated carbocycles. The molecule has 0 aliphatic carbocycles. The van der Waals surface area contributed by atoms with Gasteiger partial charge < -0.3 is 19.3 Å². The van der Waals surface area contributed by atoms with Gasteiger partial charge in [-0.15, -0.1) is 0 Å². The third kappa shape index (κ3) is 2.73. The number of carbonyl (C=O) groups is 1. The van der Waals surface area contributed by atoms with E-state index in [0.717, 1.165) is 65.4 Å². The lowest BCUT2D eigenvalue weighted by atomic mass is 10.0. The van der Waals surface area contributed by atoms with Crippen LogP contribution in [0.2, 0.25) is 0 Å². The molecule has 2 aromatic heterocycles. The number of imidazole rings is 1. The summed E-state index contributed by atoms with van der Waals surface area (Å²) in [4.78, 5) is 19.2. The first kappa shape index (κ1) is 17.4. The Hall–Kier alpha value is -2.67. The number of fused-ring (bicyclic) bond motifs is 1. The molecule has 1 amide bonds. The van der Waals surface area contributed by atoms with Crippen LogP contribution in [0.15, 0.2) is 22.7 Å². The molecule has 5 rings (SSSR count). The maximum atomic E-state index is 11.8. The van der Waals surface area contributed by atoms with Crippen LogP contribution in [0.4, 0.5) is 0 Å². The molecule has 4 heterocycles. The van der Waals surface area contributed by atoms with Crippen LogP contribution in [0.1, 0.15) is 48.6 Å². The molecule has 1 aromatic carbocycles. The van der Waals surface area contributed by atoms with Crippen molar-refractivity contribution in [2.75, 3.05) is 20.1 Å². The highest BCUT2D eigenvalue weighted by atomic mass is 16.5. The van der Waals surface area contributed by atoms with E-state index in [0.29, 0.717) is 12.5 Å². The zero-order valence-corrected chi connectivity index (χ0v) is 16.5. The van der Waals surface area contributed by atoms with Gasteiger partial charge in [-0.25, -0.2) is 4.98 Å². The first-order valence-electron chi connectivity index (χ1n) is 9.94. The molecular formula is C21H25N5O2. The van der Waals surface area contributed by atoms with E-state index in [2.05, 4.69) is 45.2 Å². The fraction of sp³-hybridized carbons (Fsp3) is 0.476. The molecule has 2 aliphatic rings. The van der Waals surface area contributed by atoms with Gasteiger partial charge in [0.2, 0.25) is 5.91 Å². The third-order valence-electron chi connectivity index (χ3n) is 6.08. The number of benzene rings is 1. The van der Waals surface area contributed by atoms with E-state index in [1.165, 1.54) is 0 Å². The average Bonchev–Trinajstić information content (AvgIpc) is 3.42. The van der Waals surface area contributed by atoms with Crippen molar-refractivity contribution >= 4 is 16.9 Å². The van der Waals surface area contributed by atoms with Crippen molar-refractivity contribution in [1.29, 1.82) is 0 Å². The number of hydrogen-bond donors (Lipinski definition) is 1. The number of hydrogen-bond acceptors (Lipinski definition) is 5. The van der Waals surface area contributed by atoms with Crippen molar-refractivity contribution < 1.29 is 9.32 Å². The van der Waals surface area contributed by atoms with E-state index in [1.54, 1.807) is 0 Å². The largest absolute Gasteiger partial charge is 0.361 e. The summed E-state index contributed by atoms with van der Waals surface area (Å²) in [6.07, 6.45) is 2.48. The highest BCUT2D eigenvalue weighted by Gasteiger charge is 2.32. The van der Waals surface area contributed by atoms with Crippen LogP contribution in [0.3, 0.4) is 0 Å². The molecule has 2 saturated heterocycles. The lowest BCUT2D eigenvalue weighted by Crippen LogP contribution is -2.24. The van der Waals surface area contributed by atoms with Gasteiger partial charge in [-0.2, -0.15) is 0 Å². The summed E-state index contributed by atoms with van der Waals surface area (Å²) in [6, 6.07) is 6.78. The number of aryl methyl sites for hydroxylation is 2. The maximum absolute atomic E-state index is 11.8. The minimum absolute atomic E-state index is 0.00618. The van der Waals surface area contributed by atoms with Crippen molar-refractivity contribution in [1.82, 2.24) is 24.9 Å². The van der Waals surface area contributed by atoms with Crippen LogP contribution in [0, 0.1) is 13.8 Å². The van der Waals surface area contributed by atoms with Crippen LogP contribution in [0.5, 0.6) is 0 Å². The van der Waals surface area contributed by atoms with Crippen molar-refractivity contribution in [3.8, 4) is 11.1 Å². The second kappa shape index (κ2) is 6.44. The molecule has 3 aromatic rings. The highest BCUT2D eigenvalue weighted by molar-refractivity contribution is 5.84. The van der Waals surface area contributed by atoms with Gasteiger partial charge in [-0.1, -0.05) is 11.2 Å². The first-order valence-corrected chi connectivity index (χ1v) is 9.94. The highest BCUT2D eigenvalue weighted by Crippen LogP contribution is 2.35. The van der Waals surface area contributed by atoms with E-state index in [-0.39, 0.29) is 11.9 Å². The Kier molecular flexibility index (Phi) is 4.01. The van der Waals surface area contributed by atoms with E-state index in [1.807, 2.05) is 13.8 Å². The minimum Gasteiger partial charge on any atom is -0.361 e. The molecule has 0 bridgehead atoms. The van der Waals surface area contributed by atoms with Crippen LogP contribution < -0.4 is 5.32 Å². The van der Waals surface area contributed by atoms with E-state index < -0.39 is 0 Å². The van der Waals surface area contributed by atoms with Crippen LogP contribution in [-0.2, 0) is 4.79 Å². The number of carbonyl (C=O) groups excluding carboxylic acids is 1. The predicted molar refractivity (Wildman–Crippen MR) is 106 cm³/mol. The monoisotopic (exact) mass is 379 g/mol. The maximum Gasteiger partial charge on any atom is 0.220 e. The number of nitrogens with one attached hydrogen (secondary N) is 1. The normalized spacial score (nSPS) is 23.0. The summed E-state index contributed by atoms with van der Waals surface area (Å²) in [5, 5.41) is 7.19. The number of likely N-dealkylation sites (tertiary alicyclic amines) is 1. The van der Waals surface area contributed by atoms with Crippen molar-refractivity contribution in [2.24, 2.45) is 0 Å². The van der Waals surface area contributed by atoms with E-state index >= 15 is 0 Å². The van der Waals surface area contributed by atoms with E-state index in [9.17, 15) is 4.79 Å². The van der Waals surface area contributed by atoms with Crippen LogP contribution in [-0.4, -0.2) is 45.7 Å². The van der Waals surface area contributed by atoms with Crippen LogP contribution in [0.25, 0.3) is 22.2 Å². The van der Waals surface area contributed by atoms with Gasteiger partial charge in [-0.05, 0) is 58.0 Å². The smallest absolute Gasteiger partial charge is 0.220 e. The van der Waals surface area contributed by atoms with Crippen LogP contribution >= 0.6 is 0 Å². The van der Waals surface area contributed by atoms with Crippen molar-refractivity contribution in [3.05, 3.63) is 35.5 Å². The second-order valence-electron chi connectivity index (χ2n) is 8.11. The molecule has 2 fully saturated rings. The van der Waals surface area contributed by atoms with Gasteiger partial charge in [0.05, 0.1) is 22.8 Å². The molecule has 146 valence electrons. The summed E-state index contributed by atoms with van der Waals surface area (Å²) >= 11 is 0. The number of rotatable bonds is 3. The Bertz CT molecular complexity index is 1050. The van der Waals surface area contributed by atoms with Gasteiger partial charge in [0.25, 0.3) is 0 Å². The van der Waals surface area contributed by atoms with E-state index in [4.69, 9.17) is 9.51 Å². The molecule has 0 radical (unpaired) electrons. The molecule has 1 unspecified atom stereocenters. The number of amides is 1. The Morgan fingerprint density at radius 1 is 1.25 bits per heavy atom. The Balaban J connectivity index is 1.65. The summed E-state index contributed by atoms with van der Waals surface area (Å²) in [5.74, 6) is 1.91. The standard InChI is InChI=1S/C21H25N5O2/c1-12-20(13(2)28-24-12)14-4-6-18-17(10-14)23-21(16-5-7-19(27)22-16)26(18)15-8-9-25(3)11-15/h4,6,10,15-16H,5,7-9,11H2,1-3H3,(H,22,27)/t15?,16-/m0/s1. The van der Waals surface area contributed by atoms with Gasteiger partial charge in [0, 0.05) is 24.6 Å². The summed E-state index contributed by atoms with van der Waals surface area (Å²) in [6.45, 7) is 5.98. The van der Waals surface area contributed by atoms with Crippen molar-refractivity contribution in [3.63, 3.8) is 0 Å². The predicted octanol–water partition coefficient (Wildman–Crippen LogP) is 3.14. The van der Waals surface area contributed by atoms with Gasteiger partial charge in [0.1, 0.15) is 11.6 Å². The number of aromatic nitrogens is 3. The Morgan fingerprint density at radius 3 is 2.75 bits per heavy atom. The topological polar surface area (TPSA) is 76.2 Å². The SMILES string of the molecule is Cc1noc(C)c1-c1ccc2c(c1)nc([C@@H]1CCC(=O)N1)n2C1CCN(C)C1. The lowest BCUT2D eigenvalue weighted by Gasteiger charge is -2.20. The molecule has 2 aliphatic heterocycles. The summed E-state index contributed by atoms with van der Waals surface area (Å²) in [7, 11) is 2.16. The van der Waals surface area contributed by atoms with Gasteiger partial charge in [0.15, 0.2) is 0 Å². The number of likely N-dealkylation sites (N-methyl/N-ethyl adjacent to an activating group) is 1. The molecule has 7 heteroatoms. The minimum atomic E-state index is -0.00618. The molecule has 0 spiro atoms. The quantitative estimate of drug-likeness (QED) is 0.757. The molecule has 2 atom stereocenters. The fourth-order valence-corrected chi connectivity index (χ4v) is 4.73. The fourth-order valence-electron chi connectivity index (χ4n) is 4.73. The molecule has 28 heavy (non-hydrogen) atoms.